The molecule has 1 saturated carbocycles. The minimum absolute atomic E-state index is 0.135. The van der Waals surface area contributed by atoms with E-state index in [-0.39, 0.29) is 29.4 Å². The molecule has 1 aliphatic carbocycles. The van der Waals surface area contributed by atoms with Crippen molar-refractivity contribution in [3.05, 3.63) is 53.0 Å². The van der Waals surface area contributed by atoms with Crippen LogP contribution in [0.3, 0.4) is 0 Å². The third kappa shape index (κ3) is 7.40. The van der Waals surface area contributed by atoms with Gasteiger partial charge in [0, 0.05) is 25.0 Å². The van der Waals surface area contributed by atoms with Crippen LogP contribution in [0.1, 0.15) is 47.3 Å². The molecule has 0 aliphatic heterocycles. The van der Waals surface area contributed by atoms with Crippen molar-refractivity contribution in [1.82, 2.24) is 20.9 Å². The highest BCUT2D eigenvalue weighted by atomic mass is 32.2. The fourth-order valence-corrected chi connectivity index (χ4v) is 6.63. The van der Waals surface area contributed by atoms with E-state index >= 15 is 0 Å². The van der Waals surface area contributed by atoms with Gasteiger partial charge in [-0.2, -0.15) is 0 Å². The predicted octanol–water partition coefficient (Wildman–Crippen LogP) is 2.60. The number of carbonyl (C=O) groups is 3. The van der Waals surface area contributed by atoms with Crippen molar-refractivity contribution in [3.63, 3.8) is 0 Å². The molecule has 0 bridgehead atoms. The zero-order valence-corrected chi connectivity index (χ0v) is 23.9. The molecule has 3 N–H and O–H groups in total. The van der Waals surface area contributed by atoms with Crippen molar-refractivity contribution in [2.24, 2.45) is 0 Å². The minimum Gasteiger partial charge on any atom is -0.382 e. The number of amides is 3. The average molecular weight is 573 g/mol. The van der Waals surface area contributed by atoms with Gasteiger partial charge in [-0.25, -0.2) is 13.4 Å². The summed E-state index contributed by atoms with van der Waals surface area (Å²) in [7, 11) is -2.28. The summed E-state index contributed by atoms with van der Waals surface area (Å²) >= 11 is 1.12. The molecule has 0 spiro atoms. The van der Waals surface area contributed by atoms with Crippen molar-refractivity contribution >= 4 is 49.1 Å². The van der Waals surface area contributed by atoms with Crippen molar-refractivity contribution < 1.29 is 27.5 Å². The smallest absolute Gasteiger partial charge is 0.251 e. The molecule has 0 saturated heterocycles. The van der Waals surface area contributed by atoms with E-state index < -0.39 is 26.5 Å². The molecule has 1 atom stereocenters. The first kappa shape index (κ1) is 28.7. The number of sulfone groups is 1. The van der Waals surface area contributed by atoms with E-state index in [0.29, 0.717) is 22.4 Å². The van der Waals surface area contributed by atoms with Gasteiger partial charge in [-0.05, 0) is 62.1 Å². The zero-order chi connectivity index (χ0) is 28.4. The number of methoxy groups -OCH3 is 1. The topological polar surface area (TPSA) is 144 Å². The lowest BCUT2D eigenvalue weighted by Crippen LogP contribution is -2.46. The Kier molecular flexibility index (Phi) is 8.38. The predicted molar refractivity (Wildman–Crippen MR) is 150 cm³/mol. The van der Waals surface area contributed by atoms with Gasteiger partial charge in [0.15, 0.2) is 15.1 Å². The molecular weight excluding hydrogens is 540 g/mol. The highest BCUT2D eigenvalue weighted by Crippen LogP contribution is 2.33. The lowest BCUT2D eigenvalue weighted by atomic mass is 10.0. The monoisotopic (exact) mass is 572 g/mol. The number of rotatable bonds is 11. The number of nitrogens with one attached hydrogen (secondary N) is 3. The van der Waals surface area contributed by atoms with Gasteiger partial charge in [0.25, 0.3) is 5.91 Å². The molecule has 4 rings (SSSR count). The van der Waals surface area contributed by atoms with E-state index in [1.807, 2.05) is 38.1 Å². The summed E-state index contributed by atoms with van der Waals surface area (Å²) in [5, 5.41) is 6.74. The summed E-state index contributed by atoms with van der Waals surface area (Å²) < 4.78 is 30.9. The minimum atomic E-state index is -3.86. The number of ether oxygens (including phenoxy) is 1. The summed E-state index contributed by atoms with van der Waals surface area (Å²) in [6.45, 7) is 3.84. The Morgan fingerprint density at radius 3 is 2.38 bits per heavy atom. The fraction of sp³-hybridized carbons (Fsp3) is 0.407. The maximum Gasteiger partial charge on any atom is 0.251 e. The second-order valence-corrected chi connectivity index (χ2v) is 13.5. The van der Waals surface area contributed by atoms with Gasteiger partial charge in [-0.15, -0.1) is 11.3 Å². The first-order chi connectivity index (χ1) is 18.4. The maximum absolute atomic E-state index is 12.8. The van der Waals surface area contributed by atoms with E-state index in [9.17, 15) is 22.8 Å². The van der Waals surface area contributed by atoms with Crippen molar-refractivity contribution in [1.29, 1.82) is 0 Å². The highest BCUT2D eigenvalue weighted by Gasteiger charge is 2.34. The van der Waals surface area contributed by atoms with Crippen LogP contribution < -0.4 is 16.0 Å². The van der Waals surface area contributed by atoms with Crippen molar-refractivity contribution in [2.45, 2.75) is 43.5 Å². The first-order valence-electron chi connectivity index (χ1n) is 12.4. The maximum atomic E-state index is 12.8. The molecule has 1 fully saturated rings. The largest absolute Gasteiger partial charge is 0.382 e. The van der Waals surface area contributed by atoms with Crippen LogP contribution in [0.2, 0.25) is 0 Å². The molecular formula is C27H32N4O6S2. The molecule has 12 heteroatoms. The van der Waals surface area contributed by atoms with Crippen molar-refractivity contribution in [2.75, 3.05) is 26.5 Å². The number of thiazole rings is 1. The fourth-order valence-electron chi connectivity index (χ4n) is 4.08. The summed E-state index contributed by atoms with van der Waals surface area (Å²) in [5.74, 6) is -1.35. The Balaban J connectivity index is 1.51. The second kappa shape index (κ2) is 11.4. The molecule has 1 aromatic heterocycles. The van der Waals surface area contributed by atoms with Crippen LogP contribution in [-0.2, 0) is 24.2 Å². The van der Waals surface area contributed by atoms with Crippen LogP contribution in [0.5, 0.6) is 0 Å². The van der Waals surface area contributed by atoms with E-state index in [1.165, 1.54) is 0 Å². The van der Waals surface area contributed by atoms with Gasteiger partial charge in [0.1, 0.15) is 5.01 Å². The number of hydrogen-bond acceptors (Lipinski definition) is 8. The van der Waals surface area contributed by atoms with Crippen LogP contribution in [-0.4, -0.2) is 69.2 Å². The number of benzene rings is 2. The average Bonchev–Trinajstić information content (AvgIpc) is 3.57. The Hall–Kier alpha value is -3.35. The zero-order valence-electron chi connectivity index (χ0n) is 22.2. The van der Waals surface area contributed by atoms with Gasteiger partial charge in [0.05, 0.1) is 28.9 Å². The number of nitrogens with zero attached hydrogens (tertiary/aromatic N) is 1. The molecule has 1 heterocycles. The van der Waals surface area contributed by atoms with Gasteiger partial charge in [0.2, 0.25) is 11.8 Å². The molecule has 1 aliphatic rings. The standard InChI is InChI=1S/C27H32N4O6S2/c1-27(2,15-37-3)31-24(33)17-7-5-16(6-8-17)18-9-12-20-21(13-18)38-26(30-20)23(39(4,35)36)25(34)28-14-22(32)29-19-10-11-19/h5-9,12-13,19,23H,10-11,14-15H2,1-4H3,(H,28,34)(H,29,32)(H,31,33). The SMILES string of the molecule is COCC(C)(C)NC(=O)c1ccc(-c2ccc3nc(C(C(=O)NCC(=O)NC4CC4)S(C)(=O)=O)sc3c2)cc1. The lowest BCUT2D eigenvalue weighted by Gasteiger charge is -2.25. The van der Waals surface area contributed by atoms with Crippen LogP contribution in [0, 0.1) is 0 Å². The number of fused-ring (bicyclic) bond motifs is 1. The third-order valence-electron chi connectivity index (χ3n) is 6.10. The Morgan fingerprint density at radius 1 is 1.10 bits per heavy atom. The van der Waals surface area contributed by atoms with Crippen molar-refractivity contribution in [3.8, 4) is 11.1 Å². The Bertz CT molecular complexity index is 1490. The number of carbonyl (C=O) groups excluding carboxylic acids is 3. The highest BCUT2D eigenvalue weighted by molar-refractivity contribution is 7.91. The number of aromatic nitrogens is 1. The summed E-state index contributed by atoms with van der Waals surface area (Å²) in [4.78, 5) is 41.8. The molecule has 208 valence electrons. The first-order valence-corrected chi connectivity index (χ1v) is 15.2. The molecule has 3 amide bonds. The van der Waals surface area contributed by atoms with Gasteiger partial charge in [-0.1, -0.05) is 18.2 Å². The number of hydrogen-bond donors (Lipinski definition) is 3. The van der Waals surface area contributed by atoms with Gasteiger partial charge in [-0.3, -0.25) is 14.4 Å². The molecule has 1 unspecified atom stereocenters. The summed E-state index contributed by atoms with van der Waals surface area (Å²) in [5.41, 5.74) is 2.27. The van der Waals surface area contributed by atoms with Gasteiger partial charge < -0.3 is 20.7 Å². The summed E-state index contributed by atoms with van der Waals surface area (Å²) in [6.07, 6.45) is 2.80. The van der Waals surface area contributed by atoms with E-state index in [1.54, 1.807) is 25.3 Å². The quantitative estimate of drug-likeness (QED) is 0.320. The summed E-state index contributed by atoms with van der Waals surface area (Å²) in [6, 6.07) is 12.8. The van der Waals surface area contributed by atoms with E-state index in [0.717, 1.165) is 41.6 Å². The van der Waals surface area contributed by atoms with Gasteiger partial charge >= 0.3 is 0 Å². The van der Waals surface area contributed by atoms with Crippen LogP contribution in [0.25, 0.3) is 21.3 Å². The third-order valence-corrected chi connectivity index (χ3v) is 8.62. The molecule has 39 heavy (non-hydrogen) atoms. The molecule has 2 aromatic carbocycles. The molecule has 10 nitrogen and oxygen atoms in total. The van der Waals surface area contributed by atoms with Crippen LogP contribution in [0.15, 0.2) is 42.5 Å². The Labute approximate surface area is 231 Å². The van der Waals surface area contributed by atoms with E-state index in [2.05, 4.69) is 20.9 Å². The van der Waals surface area contributed by atoms with E-state index in [4.69, 9.17) is 4.74 Å². The molecule has 3 aromatic rings. The lowest BCUT2D eigenvalue weighted by molar-refractivity contribution is -0.126. The van der Waals surface area contributed by atoms with Crippen LogP contribution >= 0.6 is 11.3 Å². The Morgan fingerprint density at radius 2 is 1.77 bits per heavy atom. The second-order valence-electron chi connectivity index (χ2n) is 10.4. The normalized spacial score (nSPS) is 14.6. The molecule has 0 radical (unpaired) electrons. The van der Waals surface area contributed by atoms with Crippen LogP contribution in [0.4, 0.5) is 0 Å².